The highest BCUT2D eigenvalue weighted by molar-refractivity contribution is 7.89. The van der Waals surface area contributed by atoms with Crippen LogP contribution >= 0.6 is 0 Å². The molecule has 0 aliphatic carbocycles. The highest BCUT2D eigenvalue weighted by Gasteiger charge is 2.27. The van der Waals surface area contributed by atoms with Crippen molar-refractivity contribution in [2.24, 2.45) is 0 Å². The van der Waals surface area contributed by atoms with Gasteiger partial charge in [0.25, 0.3) is 5.91 Å². The minimum atomic E-state index is -3.45. The van der Waals surface area contributed by atoms with Gasteiger partial charge in [-0.05, 0) is 55.9 Å². The monoisotopic (exact) mass is 486 g/mol. The standard InChI is InChI=1S/C26H34N2O5S/c1-3-9-24(22-10-5-4-6-11-22)27-26(30)20(2)33-25(29)17-14-21-12-15-23(16-13-21)34(31,32)28-18-7-8-19-28/h4-6,10-13,15-16,20,24H,3,7-9,14,17-19H2,1-2H3,(H,27,30). The van der Waals surface area contributed by atoms with Crippen LogP contribution in [0.25, 0.3) is 0 Å². The van der Waals surface area contributed by atoms with E-state index in [4.69, 9.17) is 4.74 Å². The Bertz CT molecular complexity index is 1050. The molecule has 8 heteroatoms. The van der Waals surface area contributed by atoms with Crippen molar-refractivity contribution in [1.82, 2.24) is 9.62 Å². The van der Waals surface area contributed by atoms with Crippen LogP contribution in [0, 0.1) is 0 Å². The Labute approximate surface area is 202 Å². The van der Waals surface area contributed by atoms with Crippen molar-refractivity contribution in [1.29, 1.82) is 0 Å². The summed E-state index contributed by atoms with van der Waals surface area (Å²) >= 11 is 0. The van der Waals surface area contributed by atoms with Crippen LogP contribution in [0.4, 0.5) is 0 Å². The van der Waals surface area contributed by atoms with Gasteiger partial charge in [-0.1, -0.05) is 55.8 Å². The smallest absolute Gasteiger partial charge is 0.306 e. The SMILES string of the molecule is CCCC(NC(=O)C(C)OC(=O)CCc1ccc(S(=O)(=O)N2CCCC2)cc1)c1ccccc1. The zero-order valence-electron chi connectivity index (χ0n) is 19.9. The molecule has 2 aromatic carbocycles. The fraction of sp³-hybridized carbons (Fsp3) is 0.462. The van der Waals surface area contributed by atoms with Crippen LogP contribution in [0.2, 0.25) is 0 Å². The third kappa shape index (κ3) is 6.90. The van der Waals surface area contributed by atoms with Crippen LogP contribution in [0.3, 0.4) is 0 Å². The molecule has 1 N–H and O–H groups in total. The van der Waals surface area contributed by atoms with Crippen LogP contribution in [0.1, 0.15) is 63.1 Å². The van der Waals surface area contributed by atoms with Gasteiger partial charge in [-0.15, -0.1) is 0 Å². The van der Waals surface area contributed by atoms with Crippen LogP contribution in [-0.4, -0.2) is 43.8 Å². The third-order valence-electron chi connectivity index (χ3n) is 6.02. The van der Waals surface area contributed by atoms with Gasteiger partial charge in [-0.2, -0.15) is 4.31 Å². The molecule has 1 aliphatic rings. The molecule has 0 aromatic heterocycles. The molecule has 3 rings (SSSR count). The Morgan fingerprint density at radius 1 is 1.03 bits per heavy atom. The summed E-state index contributed by atoms with van der Waals surface area (Å²) in [5, 5.41) is 2.98. The second-order valence-corrected chi connectivity index (χ2v) is 10.6. The number of rotatable bonds is 11. The average Bonchev–Trinajstić information content (AvgIpc) is 3.39. The highest BCUT2D eigenvalue weighted by atomic mass is 32.2. The first kappa shape index (κ1) is 25.9. The topological polar surface area (TPSA) is 92.8 Å². The molecule has 1 fully saturated rings. The summed E-state index contributed by atoms with van der Waals surface area (Å²) in [7, 11) is -3.45. The highest BCUT2D eigenvalue weighted by Crippen LogP contribution is 2.22. The summed E-state index contributed by atoms with van der Waals surface area (Å²) < 4.78 is 32.1. The Hall–Kier alpha value is -2.71. The second kappa shape index (κ2) is 12.1. The number of amides is 1. The van der Waals surface area contributed by atoms with E-state index >= 15 is 0 Å². The Morgan fingerprint density at radius 2 is 1.68 bits per heavy atom. The summed E-state index contributed by atoms with van der Waals surface area (Å²) in [6.45, 7) is 4.75. The molecule has 0 spiro atoms. The lowest BCUT2D eigenvalue weighted by Gasteiger charge is -2.21. The maximum absolute atomic E-state index is 12.6. The molecule has 2 atom stereocenters. The van der Waals surface area contributed by atoms with Crippen molar-refractivity contribution >= 4 is 21.9 Å². The van der Waals surface area contributed by atoms with Crippen molar-refractivity contribution in [2.45, 2.75) is 69.4 Å². The van der Waals surface area contributed by atoms with Gasteiger partial charge in [0.2, 0.25) is 10.0 Å². The van der Waals surface area contributed by atoms with Gasteiger partial charge in [-0.25, -0.2) is 8.42 Å². The van der Waals surface area contributed by atoms with E-state index in [1.165, 1.54) is 4.31 Å². The predicted octanol–water partition coefficient (Wildman–Crippen LogP) is 3.99. The summed E-state index contributed by atoms with van der Waals surface area (Å²) in [6.07, 6.45) is 3.09. The number of ether oxygens (including phenoxy) is 1. The van der Waals surface area contributed by atoms with Gasteiger partial charge in [-0.3, -0.25) is 9.59 Å². The molecular weight excluding hydrogens is 452 g/mol. The molecular formula is C26H34N2O5S. The quantitative estimate of drug-likeness (QED) is 0.485. The van der Waals surface area contributed by atoms with E-state index in [-0.39, 0.29) is 23.3 Å². The first-order valence-electron chi connectivity index (χ1n) is 11.9. The van der Waals surface area contributed by atoms with Crippen molar-refractivity contribution in [3.8, 4) is 0 Å². The fourth-order valence-electron chi connectivity index (χ4n) is 4.05. The average molecular weight is 487 g/mol. The second-order valence-electron chi connectivity index (χ2n) is 8.65. The van der Waals surface area contributed by atoms with E-state index in [2.05, 4.69) is 12.2 Å². The maximum atomic E-state index is 12.6. The molecule has 1 amide bonds. The van der Waals surface area contributed by atoms with E-state index in [1.807, 2.05) is 30.3 Å². The van der Waals surface area contributed by atoms with Gasteiger partial charge in [0.05, 0.1) is 10.9 Å². The van der Waals surface area contributed by atoms with E-state index in [0.29, 0.717) is 19.5 Å². The van der Waals surface area contributed by atoms with E-state index < -0.39 is 22.1 Å². The number of esters is 1. The molecule has 34 heavy (non-hydrogen) atoms. The molecule has 7 nitrogen and oxygen atoms in total. The van der Waals surface area contributed by atoms with Crippen LogP contribution < -0.4 is 5.32 Å². The number of nitrogens with zero attached hydrogens (tertiary/aromatic N) is 1. The summed E-state index contributed by atoms with van der Waals surface area (Å²) in [5.41, 5.74) is 1.85. The zero-order valence-corrected chi connectivity index (χ0v) is 20.7. The zero-order chi connectivity index (χ0) is 24.6. The van der Waals surface area contributed by atoms with Gasteiger partial charge >= 0.3 is 5.97 Å². The molecule has 184 valence electrons. The minimum Gasteiger partial charge on any atom is -0.453 e. The van der Waals surface area contributed by atoms with E-state index in [9.17, 15) is 18.0 Å². The van der Waals surface area contributed by atoms with E-state index in [1.54, 1.807) is 31.2 Å². The summed E-state index contributed by atoms with van der Waals surface area (Å²) in [5.74, 6) is -0.796. The summed E-state index contributed by atoms with van der Waals surface area (Å²) in [6, 6.07) is 16.2. The normalized spacial score (nSPS) is 16.1. The Balaban J connectivity index is 1.48. The van der Waals surface area contributed by atoms with Crippen LogP contribution in [-0.2, 0) is 30.8 Å². The fourth-order valence-corrected chi connectivity index (χ4v) is 5.56. The van der Waals surface area contributed by atoms with Crippen molar-refractivity contribution in [3.05, 3.63) is 65.7 Å². The number of hydrogen-bond acceptors (Lipinski definition) is 5. The first-order valence-corrected chi connectivity index (χ1v) is 13.4. The molecule has 0 saturated carbocycles. The van der Waals surface area contributed by atoms with Crippen molar-refractivity contribution in [2.75, 3.05) is 13.1 Å². The lowest BCUT2D eigenvalue weighted by atomic mass is 10.0. The largest absolute Gasteiger partial charge is 0.453 e. The Morgan fingerprint density at radius 3 is 2.29 bits per heavy atom. The number of carbonyl (C=O) groups excluding carboxylic acids is 2. The number of carbonyl (C=O) groups is 2. The molecule has 1 heterocycles. The molecule has 2 unspecified atom stereocenters. The predicted molar refractivity (Wildman–Crippen MR) is 131 cm³/mol. The van der Waals surface area contributed by atoms with Crippen molar-refractivity contribution < 1.29 is 22.7 Å². The molecule has 2 aromatic rings. The van der Waals surface area contributed by atoms with E-state index in [0.717, 1.165) is 36.8 Å². The molecule has 1 aliphatic heterocycles. The van der Waals surface area contributed by atoms with Gasteiger partial charge in [0.1, 0.15) is 0 Å². The van der Waals surface area contributed by atoms with Crippen LogP contribution in [0.5, 0.6) is 0 Å². The Kier molecular flexibility index (Phi) is 9.24. The van der Waals surface area contributed by atoms with Crippen LogP contribution in [0.15, 0.2) is 59.5 Å². The number of hydrogen-bond donors (Lipinski definition) is 1. The lowest BCUT2D eigenvalue weighted by Crippen LogP contribution is -2.38. The van der Waals surface area contributed by atoms with Gasteiger partial charge in [0, 0.05) is 19.5 Å². The number of aryl methyl sites for hydroxylation is 1. The molecule has 0 bridgehead atoms. The first-order chi connectivity index (χ1) is 16.3. The van der Waals surface area contributed by atoms with Crippen molar-refractivity contribution in [3.63, 3.8) is 0 Å². The lowest BCUT2D eigenvalue weighted by molar-refractivity contribution is -0.155. The third-order valence-corrected chi connectivity index (χ3v) is 7.93. The summed E-state index contributed by atoms with van der Waals surface area (Å²) in [4.78, 5) is 25.2. The number of sulfonamides is 1. The van der Waals surface area contributed by atoms with Gasteiger partial charge < -0.3 is 10.1 Å². The maximum Gasteiger partial charge on any atom is 0.306 e. The molecule has 1 saturated heterocycles. The number of nitrogens with one attached hydrogen (secondary N) is 1. The molecule has 0 radical (unpaired) electrons. The van der Waals surface area contributed by atoms with Gasteiger partial charge in [0.15, 0.2) is 6.10 Å². The number of benzene rings is 2. The minimum absolute atomic E-state index is 0.104.